The van der Waals surface area contributed by atoms with Crippen molar-refractivity contribution in [3.8, 4) is 0 Å². The number of nitrogens with zero attached hydrogens (tertiary/aromatic N) is 2. The Morgan fingerprint density at radius 3 is 2.80 bits per heavy atom. The average molecular weight is 300 g/mol. The van der Waals surface area contributed by atoms with Gasteiger partial charge in [0.25, 0.3) is 0 Å². The molecule has 8 nitrogen and oxygen atoms in total. The molecule has 1 heterocycles. The van der Waals surface area contributed by atoms with E-state index >= 15 is 0 Å². The predicted molar refractivity (Wildman–Crippen MR) is 75.4 cm³/mol. The molecule has 0 bridgehead atoms. The quantitative estimate of drug-likeness (QED) is 0.582. The predicted octanol–water partition coefficient (Wildman–Crippen LogP) is 0.0562. The fourth-order valence-electron chi connectivity index (χ4n) is 1.36. The Hall–Kier alpha value is -2.16. The molecular weight excluding hydrogens is 284 g/mol. The SMILES string of the molecule is CCOC(=O)CNC(=S)Nc1nn(C)cc1C(=O)OC. The number of esters is 2. The summed E-state index contributed by atoms with van der Waals surface area (Å²) < 4.78 is 10.8. The zero-order chi connectivity index (χ0) is 15.1. The lowest BCUT2D eigenvalue weighted by molar-refractivity contribution is -0.141. The third kappa shape index (κ3) is 4.50. The van der Waals surface area contributed by atoms with E-state index in [4.69, 9.17) is 17.0 Å². The molecule has 0 aliphatic heterocycles. The number of rotatable bonds is 5. The third-order valence-corrected chi connectivity index (χ3v) is 2.41. The fraction of sp³-hybridized carbons (Fsp3) is 0.455. The van der Waals surface area contributed by atoms with Crippen LogP contribution >= 0.6 is 12.2 Å². The van der Waals surface area contributed by atoms with Gasteiger partial charge in [-0.2, -0.15) is 5.10 Å². The minimum Gasteiger partial charge on any atom is -0.465 e. The Balaban J connectivity index is 2.62. The highest BCUT2D eigenvalue weighted by molar-refractivity contribution is 7.80. The summed E-state index contributed by atoms with van der Waals surface area (Å²) >= 11 is 5.00. The number of nitrogens with one attached hydrogen (secondary N) is 2. The van der Waals surface area contributed by atoms with E-state index in [1.165, 1.54) is 18.0 Å². The van der Waals surface area contributed by atoms with Crippen molar-refractivity contribution >= 4 is 35.1 Å². The van der Waals surface area contributed by atoms with Crippen LogP contribution in [0.5, 0.6) is 0 Å². The van der Waals surface area contributed by atoms with E-state index in [0.29, 0.717) is 6.61 Å². The van der Waals surface area contributed by atoms with E-state index < -0.39 is 11.9 Å². The van der Waals surface area contributed by atoms with Crippen LogP contribution < -0.4 is 10.6 Å². The molecule has 0 saturated heterocycles. The molecule has 0 saturated carbocycles. The maximum atomic E-state index is 11.5. The van der Waals surface area contributed by atoms with Gasteiger partial charge in [0.2, 0.25) is 0 Å². The van der Waals surface area contributed by atoms with Crippen LogP contribution in [0.15, 0.2) is 6.20 Å². The van der Waals surface area contributed by atoms with E-state index in [1.54, 1.807) is 14.0 Å². The first kappa shape index (κ1) is 15.9. The monoisotopic (exact) mass is 300 g/mol. The molecule has 1 rings (SSSR count). The van der Waals surface area contributed by atoms with Crippen LogP contribution in [0.4, 0.5) is 5.82 Å². The Bertz CT molecular complexity index is 515. The first-order chi connectivity index (χ1) is 9.47. The maximum absolute atomic E-state index is 11.5. The van der Waals surface area contributed by atoms with Crippen molar-refractivity contribution in [1.82, 2.24) is 15.1 Å². The molecule has 0 aliphatic carbocycles. The van der Waals surface area contributed by atoms with Crippen molar-refractivity contribution in [2.75, 3.05) is 25.6 Å². The van der Waals surface area contributed by atoms with Crippen LogP contribution in [-0.4, -0.2) is 47.1 Å². The highest BCUT2D eigenvalue weighted by atomic mass is 32.1. The number of methoxy groups -OCH3 is 1. The van der Waals surface area contributed by atoms with Gasteiger partial charge in [0.05, 0.1) is 13.7 Å². The van der Waals surface area contributed by atoms with Gasteiger partial charge in [-0.15, -0.1) is 0 Å². The Labute approximate surface area is 121 Å². The van der Waals surface area contributed by atoms with Crippen molar-refractivity contribution in [1.29, 1.82) is 0 Å². The normalized spacial score (nSPS) is 9.75. The van der Waals surface area contributed by atoms with Gasteiger partial charge in [-0.25, -0.2) is 4.79 Å². The van der Waals surface area contributed by atoms with Crippen molar-refractivity contribution in [3.63, 3.8) is 0 Å². The molecule has 20 heavy (non-hydrogen) atoms. The number of aryl methyl sites for hydroxylation is 1. The van der Waals surface area contributed by atoms with E-state index in [-0.39, 0.29) is 23.0 Å². The first-order valence-corrected chi connectivity index (χ1v) is 6.21. The van der Waals surface area contributed by atoms with Crippen LogP contribution in [0, 0.1) is 0 Å². The summed E-state index contributed by atoms with van der Waals surface area (Å²) in [4.78, 5) is 22.7. The largest absolute Gasteiger partial charge is 0.465 e. The number of thiocarbonyl (C=S) groups is 1. The van der Waals surface area contributed by atoms with Crippen LogP contribution in [-0.2, 0) is 21.3 Å². The lowest BCUT2D eigenvalue weighted by Crippen LogP contribution is -2.34. The minimum absolute atomic E-state index is 0.0694. The highest BCUT2D eigenvalue weighted by Crippen LogP contribution is 2.13. The van der Waals surface area contributed by atoms with Gasteiger partial charge in [-0.1, -0.05) is 0 Å². The summed E-state index contributed by atoms with van der Waals surface area (Å²) in [6, 6.07) is 0. The lowest BCUT2D eigenvalue weighted by atomic mass is 10.3. The number of hydrogen-bond acceptors (Lipinski definition) is 6. The first-order valence-electron chi connectivity index (χ1n) is 5.80. The molecule has 0 fully saturated rings. The second-order valence-corrected chi connectivity index (χ2v) is 4.08. The van der Waals surface area contributed by atoms with Gasteiger partial charge in [-0.05, 0) is 19.1 Å². The van der Waals surface area contributed by atoms with Gasteiger partial charge >= 0.3 is 11.9 Å². The fourth-order valence-corrected chi connectivity index (χ4v) is 1.53. The molecule has 0 radical (unpaired) electrons. The topological polar surface area (TPSA) is 94.5 Å². The summed E-state index contributed by atoms with van der Waals surface area (Å²) in [5.41, 5.74) is 0.246. The Kier molecular flexibility index (Phi) is 5.91. The van der Waals surface area contributed by atoms with Gasteiger partial charge in [0.1, 0.15) is 12.1 Å². The number of hydrogen-bond donors (Lipinski definition) is 2. The summed E-state index contributed by atoms with van der Waals surface area (Å²) in [7, 11) is 2.93. The maximum Gasteiger partial charge on any atom is 0.343 e. The highest BCUT2D eigenvalue weighted by Gasteiger charge is 2.17. The van der Waals surface area contributed by atoms with Gasteiger partial charge in [-0.3, -0.25) is 9.48 Å². The molecule has 2 N–H and O–H groups in total. The minimum atomic E-state index is -0.534. The number of ether oxygens (including phenoxy) is 2. The molecule has 110 valence electrons. The van der Waals surface area contributed by atoms with Gasteiger partial charge < -0.3 is 20.1 Å². The number of aromatic nitrogens is 2. The molecular formula is C11H16N4O4S. The Morgan fingerprint density at radius 1 is 1.50 bits per heavy atom. The van der Waals surface area contributed by atoms with Gasteiger partial charge in [0, 0.05) is 13.2 Å². The molecule has 0 spiro atoms. The van der Waals surface area contributed by atoms with Crippen molar-refractivity contribution in [3.05, 3.63) is 11.8 Å². The van der Waals surface area contributed by atoms with Crippen LogP contribution in [0.1, 0.15) is 17.3 Å². The zero-order valence-electron chi connectivity index (χ0n) is 11.4. The molecule has 9 heteroatoms. The Morgan fingerprint density at radius 2 is 2.20 bits per heavy atom. The van der Waals surface area contributed by atoms with Crippen molar-refractivity contribution < 1.29 is 19.1 Å². The molecule has 0 aliphatic rings. The lowest BCUT2D eigenvalue weighted by Gasteiger charge is -2.08. The van der Waals surface area contributed by atoms with Crippen molar-refractivity contribution in [2.24, 2.45) is 7.05 Å². The zero-order valence-corrected chi connectivity index (χ0v) is 12.2. The molecule has 0 atom stereocenters. The van der Waals surface area contributed by atoms with E-state index in [2.05, 4.69) is 20.5 Å². The summed E-state index contributed by atoms with van der Waals surface area (Å²) in [5.74, 6) is -0.708. The third-order valence-electron chi connectivity index (χ3n) is 2.16. The van der Waals surface area contributed by atoms with Crippen LogP contribution in [0.2, 0.25) is 0 Å². The van der Waals surface area contributed by atoms with Crippen LogP contribution in [0.3, 0.4) is 0 Å². The molecule has 0 amide bonds. The summed E-state index contributed by atoms with van der Waals surface area (Å²) in [6.45, 7) is 1.94. The standard InChI is InChI=1S/C11H16N4O4S/c1-4-19-8(16)5-12-11(20)13-9-7(10(17)18-3)6-15(2)14-9/h6H,4-5H2,1-3H3,(H2,12,13,14,20). The number of carbonyl (C=O) groups excluding carboxylic acids is 2. The molecule has 0 aromatic carbocycles. The second kappa shape index (κ2) is 7.43. The summed E-state index contributed by atoms with van der Waals surface area (Å²) in [6.07, 6.45) is 1.50. The van der Waals surface area contributed by atoms with Crippen LogP contribution in [0.25, 0.3) is 0 Å². The summed E-state index contributed by atoms with van der Waals surface area (Å²) in [5, 5.41) is 9.58. The molecule has 0 unspecified atom stereocenters. The number of carbonyl (C=O) groups is 2. The molecule has 1 aromatic heterocycles. The van der Waals surface area contributed by atoms with Gasteiger partial charge in [0.15, 0.2) is 10.9 Å². The van der Waals surface area contributed by atoms with E-state index in [9.17, 15) is 9.59 Å². The second-order valence-electron chi connectivity index (χ2n) is 3.67. The van der Waals surface area contributed by atoms with Crippen molar-refractivity contribution in [2.45, 2.75) is 6.92 Å². The van der Waals surface area contributed by atoms with E-state index in [0.717, 1.165) is 0 Å². The van der Waals surface area contributed by atoms with E-state index in [1.807, 2.05) is 0 Å². The number of anilines is 1. The molecule has 1 aromatic rings. The average Bonchev–Trinajstić information content (AvgIpc) is 2.76. The smallest absolute Gasteiger partial charge is 0.343 e.